The van der Waals surface area contributed by atoms with Crippen LogP contribution in [-0.4, -0.2) is 52.0 Å². The molecule has 3 rings (SSSR count). The van der Waals surface area contributed by atoms with Gasteiger partial charge in [0.1, 0.15) is 12.4 Å². The first kappa shape index (κ1) is 23.2. The summed E-state index contributed by atoms with van der Waals surface area (Å²) in [5.74, 6) is 0.545. The Labute approximate surface area is 184 Å². The molecule has 0 atom stereocenters. The largest absolute Gasteiger partial charge is 0.491 e. The zero-order valence-electron chi connectivity index (χ0n) is 18.0. The normalized spacial score (nSPS) is 15.5. The fourth-order valence-electron chi connectivity index (χ4n) is 3.50. The van der Waals surface area contributed by atoms with E-state index in [4.69, 9.17) is 9.47 Å². The number of hydrogen-bond acceptors (Lipinski definition) is 5. The number of piperidine rings is 1. The molecule has 1 aliphatic heterocycles. The smallest absolute Gasteiger partial charge is 0.243 e. The Kier molecular flexibility index (Phi) is 8.06. The number of sulfonamides is 1. The van der Waals surface area contributed by atoms with Crippen LogP contribution in [0.3, 0.4) is 0 Å². The van der Waals surface area contributed by atoms with E-state index in [1.165, 1.54) is 4.31 Å². The van der Waals surface area contributed by atoms with Crippen molar-refractivity contribution in [3.8, 4) is 5.75 Å². The SMILES string of the molecule is COCCOc1ccc(CNC(=O)C2CCN(S(=O)(=O)c3ccc(C)cc3)CC2)cc1. The highest BCUT2D eigenvalue weighted by molar-refractivity contribution is 7.89. The van der Waals surface area contributed by atoms with E-state index in [2.05, 4.69) is 5.32 Å². The number of rotatable bonds is 9. The van der Waals surface area contributed by atoms with Gasteiger partial charge in [0.2, 0.25) is 15.9 Å². The van der Waals surface area contributed by atoms with Gasteiger partial charge >= 0.3 is 0 Å². The molecule has 0 saturated carbocycles. The van der Waals surface area contributed by atoms with E-state index < -0.39 is 10.0 Å². The van der Waals surface area contributed by atoms with Gasteiger partial charge in [-0.2, -0.15) is 4.31 Å². The van der Waals surface area contributed by atoms with Crippen molar-refractivity contribution in [2.24, 2.45) is 5.92 Å². The van der Waals surface area contributed by atoms with Gasteiger partial charge in [-0.15, -0.1) is 0 Å². The standard InChI is InChI=1S/C23H30N2O5S/c1-18-3-9-22(10-4-18)31(27,28)25-13-11-20(12-14-25)23(26)24-17-19-5-7-21(8-6-19)30-16-15-29-2/h3-10,20H,11-17H2,1-2H3,(H,24,26). The first-order valence-electron chi connectivity index (χ1n) is 10.5. The Morgan fingerprint density at radius 3 is 2.29 bits per heavy atom. The van der Waals surface area contributed by atoms with E-state index >= 15 is 0 Å². The molecule has 2 aromatic rings. The van der Waals surface area contributed by atoms with Crippen molar-refractivity contribution in [2.75, 3.05) is 33.4 Å². The summed E-state index contributed by atoms with van der Waals surface area (Å²) >= 11 is 0. The molecule has 8 heteroatoms. The quantitative estimate of drug-likeness (QED) is 0.599. The summed E-state index contributed by atoms with van der Waals surface area (Å²) in [5, 5.41) is 2.96. The molecule has 0 aliphatic carbocycles. The van der Waals surface area contributed by atoms with Crippen molar-refractivity contribution in [2.45, 2.75) is 31.2 Å². The van der Waals surface area contributed by atoms with Crippen LogP contribution in [0.2, 0.25) is 0 Å². The lowest BCUT2D eigenvalue weighted by molar-refractivity contribution is -0.126. The number of methoxy groups -OCH3 is 1. The van der Waals surface area contributed by atoms with Crippen LogP contribution in [0, 0.1) is 12.8 Å². The van der Waals surface area contributed by atoms with Crippen LogP contribution in [-0.2, 0) is 26.1 Å². The lowest BCUT2D eigenvalue weighted by Crippen LogP contribution is -2.42. The molecule has 1 aliphatic rings. The summed E-state index contributed by atoms with van der Waals surface area (Å²) in [6, 6.07) is 14.4. The second-order valence-corrected chi connectivity index (χ2v) is 9.63. The van der Waals surface area contributed by atoms with E-state index in [1.54, 1.807) is 31.4 Å². The van der Waals surface area contributed by atoms with Gasteiger partial charge in [-0.3, -0.25) is 4.79 Å². The minimum absolute atomic E-state index is 0.0344. The number of nitrogens with zero attached hydrogens (tertiary/aromatic N) is 1. The van der Waals surface area contributed by atoms with Gasteiger partial charge in [-0.1, -0.05) is 29.8 Å². The summed E-state index contributed by atoms with van der Waals surface area (Å²) in [6.45, 7) is 4.07. The van der Waals surface area contributed by atoms with E-state index in [0.29, 0.717) is 50.6 Å². The van der Waals surface area contributed by atoms with Gasteiger partial charge in [0, 0.05) is 32.7 Å². The van der Waals surface area contributed by atoms with E-state index in [1.807, 2.05) is 31.2 Å². The molecule has 7 nitrogen and oxygen atoms in total. The number of ether oxygens (including phenoxy) is 2. The van der Waals surface area contributed by atoms with Crippen molar-refractivity contribution in [1.29, 1.82) is 0 Å². The van der Waals surface area contributed by atoms with E-state index in [0.717, 1.165) is 16.9 Å². The molecule has 1 heterocycles. The molecule has 1 saturated heterocycles. The highest BCUT2D eigenvalue weighted by atomic mass is 32.2. The fraction of sp³-hybridized carbons (Fsp3) is 0.435. The van der Waals surface area contributed by atoms with Gasteiger partial charge in [0.05, 0.1) is 11.5 Å². The topological polar surface area (TPSA) is 84.9 Å². The number of nitrogens with one attached hydrogen (secondary N) is 1. The fourth-order valence-corrected chi connectivity index (χ4v) is 4.97. The van der Waals surface area contributed by atoms with E-state index in [-0.39, 0.29) is 11.8 Å². The average Bonchev–Trinajstić information content (AvgIpc) is 2.79. The van der Waals surface area contributed by atoms with Crippen molar-refractivity contribution in [1.82, 2.24) is 9.62 Å². The molecule has 0 bridgehead atoms. The third-order valence-electron chi connectivity index (χ3n) is 5.43. The molecule has 1 amide bonds. The maximum atomic E-state index is 12.8. The zero-order chi connectivity index (χ0) is 22.3. The average molecular weight is 447 g/mol. The molecule has 1 fully saturated rings. The van der Waals surface area contributed by atoms with Crippen molar-refractivity contribution < 1.29 is 22.7 Å². The third kappa shape index (κ3) is 6.29. The Hall–Kier alpha value is -2.42. The molecule has 0 unspecified atom stereocenters. The van der Waals surface area contributed by atoms with Gasteiger partial charge in [0.15, 0.2) is 0 Å². The summed E-state index contributed by atoms with van der Waals surface area (Å²) < 4.78 is 37.6. The highest BCUT2D eigenvalue weighted by Crippen LogP contribution is 2.24. The zero-order valence-corrected chi connectivity index (χ0v) is 18.9. The molecular weight excluding hydrogens is 416 g/mol. The molecule has 0 spiro atoms. The van der Waals surface area contributed by atoms with Crippen LogP contribution in [0.4, 0.5) is 0 Å². The number of aryl methyl sites for hydroxylation is 1. The van der Waals surface area contributed by atoms with Gasteiger partial charge in [0.25, 0.3) is 0 Å². The predicted octanol–water partition coefficient (Wildman–Crippen LogP) is 2.74. The molecule has 0 radical (unpaired) electrons. The Morgan fingerprint density at radius 1 is 1.03 bits per heavy atom. The first-order valence-corrected chi connectivity index (χ1v) is 11.9. The molecule has 31 heavy (non-hydrogen) atoms. The van der Waals surface area contributed by atoms with Crippen LogP contribution in [0.5, 0.6) is 5.75 Å². The van der Waals surface area contributed by atoms with Crippen molar-refractivity contribution in [3.05, 3.63) is 59.7 Å². The second kappa shape index (κ2) is 10.7. The van der Waals surface area contributed by atoms with Crippen LogP contribution in [0.25, 0.3) is 0 Å². The number of carbonyl (C=O) groups excluding carboxylic acids is 1. The number of benzene rings is 2. The Balaban J connectivity index is 1.46. The lowest BCUT2D eigenvalue weighted by atomic mass is 9.97. The predicted molar refractivity (Wildman–Crippen MR) is 118 cm³/mol. The van der Waals surface area contributed by atoms with Crippen molar-refractivity contribution >= 4 is 15.9 Å². The van der Waals surface area contributed by atoms with Gasteiger partial charge in [-0.25, -0.2) is 8.42 Å². The number of carbonyl (C=O) groups is 1. The third-order valence-corrected chi connectivity index (χ3v) is 7.34. The molecular formula is C23H30N2O5S. The van der Waals surface area contributed by atoms with Crippen LogP contribution < -0.4 is 10.1 Å². The van der Waals surface area contributed by atoms with Crippen LogP contribution in [0.15, 0.2) is 53.4 Å². The highest BCUT2D eigenvalue weighted by Gasteiger charge is 2.31. The molecule has 0 aromatic heterocycles. The minimum atomic E-state index is -3.51. The summed E-state index contributed by atoms with van der Waals surface area (Å²) in [4.78, 5) is 12.9. The Bertz CT molecular complexity index is 950. The summed E-state index contributed by atoms with van der Waals surface area (Å²) in [5.41, 5.74) is 1.99. The number of hydrogen-bond donors (Lipinski definition) is 1. The lowest BCUT2D eigenvalue weighted by Gasteiger charge is -2.30. The van der Waals surface area contributed by atoms with Gasteiger partial charge < -0.3 is 14.8 Å². The second-order valence-electron chi connectivity index (χ2n) is 7.69. The summed E-state index contributed by atoms with van der Waals surface area (Å²) in [7, 11) is -1.89. The van der Waals surface area contributed by atoms with Crippen LogP contribution in [0.1, 0.15) is 24.0 Å². The maximum absolute atomic E-state index is 12.8. The molecule has 2 aromatic carbocycles. The monoisotopic (exact) mass is 446 g/mol. The summed E-state index contributed by atoms with van der Waals surface area (Å²) in [6.07, 6.45) is 1.03. The van der Waals surface area contributed by atoms with Crippen molar-refractivity contribution in [3.63, 3.8) is 0 Å². The first-order chi connectivity index (χ1) is 14.9. The minimum Gasteiger partial charge on any atom is -0.491 e. The van der Waals surface area contributed by atoms with E-state index in [9.17, 15) is 13.2 Å². The maximum Gasteiger partial charge on any atom is 0.243 e. The number of amides is 1. The Morgan fingerprint density at radius 2 is 1.68 bits per heavy atom. The molecule has 168 valence electrons. The van der Waals surface area contributed by atoms with Crippen LogP contribution >= 0.6 is 0 Å². The molecule has 1 N–H and O–H groups in total. The van der Waals surface area contributed by atoms with Gasteiger partial charge in [-0.05, 0) is 49.6 Å².